The number of hydrogen-bond donors (Lipinski definition) is 2. The summed E-state index contributed by atoms with van der Waals surface area (Å²) in [7, 11) is 0. The molecule has 3 rings (SSSR count). The number of hydrogen-bond acceptors (Lipinski definition) is 5. The molecular formula is C12H13N5O2. The van der Waals surface area contributed by atoms with Crippen molar-refractivity contribution in [3.05, 3.63) is 30.1 Å². The molecule has 0 atom stereocenters. The van der Waals surface area contributed by atoms with Crippen molar-refractivity contribution in [1.29, 1.82) is 0 Å². The van der Waals surface area contributed by atoms with Crippen molar-refractivity contribution < 1.29 is 9.59 Å². The number of nitrogens with one attached hydrogen (secondary N) is 1. The number of pyridine rings is 1. The monoisotopic (exact) mass is 259 g/mol. The van der Waals surface area contributed by atoms with Crippen molar-refractivity contribution in [3.8, 4) is 0 Å². The normalized spacial score (nSPS) is 15.9. The SMILES string of the molecule is NCc1c(N2CC(=O)NC(=O)C2)nc2ccccn12. The lowest BCUT2D eigenvalue weighted by atomic mass is 10.3. The lowest BCUT2D eigenvalue weighted by molar-refractivity contribution is -0.130. The van der Waals surface area contributed by atoms with Crippen molar-refractivity contribution >= 4 is 23.3 Å². The van der Waals surface area contributed by atoms with Crippen LogP contribution in [0.4, 0.5) is 5.82 Å². The van der Waals surface area contributed by atoms with E-state index in [-0.39, 0.29) is 31.4 Å². The Kier molecular flexibility index (Phi) is 2.68. The predicted octanol–water partition coefficient (Wildman–Crippen LogP) is -0.744. The fourth-order valence-corrected chi connectivity index (χ4v) is 2.26. The molecule has 7 nitrogen and oxygen atoms in total. The summed E-state index contributed by atoms with van der Waals surface area (Å²) in [5.74, 6) is -0.0514. The highest BCUT2D eigenvalue weighted by Gasteiger charge is 2.26. The maximum atomic E-state index is 11.4. The smallest absolute Gasteiger partial charge is 0.246 e. The number of piperazine rings is 1. The van der Waals surface area contributed by atoms with Crippen LogP contribution in [0.2, 0.25) is 0 Å². The molecule has 1 saturated heterocycles. The van der Waals surface area contributed by atoms with Gasteiger partial charge in [0.15, 0.2) is 5.82 Å². The average Bonchev–Trinajstić information content (AvgIpc) is 2.76. The first kappa shape index (κ1) is 11.7. The molecule has 0 aromatic carbocycles. The number of nitrogens with zero attached hydrogens (tertiary/aromatic N) is 3. The van der Waals surface area contributed by atoms with Crippen LogP contribution in [0.25, 0.3) is 5.65 Å². The van der Waals surface area contributed by atoms with Gasteiger partial charge in [-0.2, -0.15) is 0 Å². The number of rotatable bonds is 2. The van der Waals surface area contributed by atoms with Gasteiger partial charge in [-0.3, -0.25) is 14.9 Å². The first-order chi connectivity index (χ1) is 9.19. The molecule has 7 heteroatoms. The number of imidazole rings is 1. The number of fused-ring (bicyclic) bond motifs is 1. The molecular weight excluding hydrogens is 246 g/mol. The van der Waals surface area contributed by atoms with E-state index in [9.17, 15) is 9.59 Å². The van der Waals surface area contributed by atoms with E-state index in [1.54, 1.807) is 4.90 Å². The van der Waals surface area contributed by atoms with E-state index in [0.29, 0.717) is 5.82 Å². The highest BCUT2D eigenvalue weighted by atomic mass is 16.2. The zero-order chi connectivity index (χ0) is 13.4. The van der Waals surface area contributed by atoms with Gasteiger partial charge < -0.3 is 15.0 Å². The summed E-state index contributed by atoms with van der Waals surface area (Å²) < 4.78 is 1.87. The van der Waals surface area contributed by atoms with Crippen molar-refractivity contribution in [2.24, 2.45) is 5.73 Å². The second kappa shape index (κ2) is 4.36. The topological polar surface area (TPSA) is 92.7 Å². The summed E-state index contributed by atoms with van der Waals surface area (Å²) in [6, 6.07) is 5.61. The molecule has 2 aromatic rings. The maximum absolute atomic E-state index is 11.4. The highest BCUT2D eigenvalue weighted by Crippen LogP contribution is 2.21. The quantitative estimate of drug-likeness (QED) is 0.693. The third kappa shape index (κ3) is 1.93. The molecule has 0 aliphatic carbocycles. The van der Waals surface area contributed by atoms with Gasteiger partial charge in [-0.05, 0) is 12.1 Å². The van der Waals surface area contributed by atoms with Gasteiger partial charge in [0.2, 0.25) is 11.8 Å². The average molecular weight is 259 g/mol. The highest BCUT2D eigenvalue weighted by molar-refractivity contribution is 6.02. The van der Waals surface area contributed by atoms with Gasteiger partial charge in [-0.15, -0.1) is 0 Å². The Balaban J connectivity index is 2.09. The molecule has 3 heterocycles. The first-order valence-corrected chi connectivity index (χ1v) is 5.92. The summed E-state index contributed by atoms with van der Waals surface area (Å²) in [4.78, 5) is 29.0. The van der Waals surface area contributed by atoms with E-state index >= 15 is 0 Å². The van der Waals surface area contributed by atoms with Crippen LogP contribution in [-0.2, 0) is 16.1 Å². The molecule has 0 bridgehead atoms. The van der Waals surface area contributed by atoms with Crippen molar-refractivity contribution in [2.45, 2.75) is 6.54 Å². The Bertz CT molecular complexity index is 647. The van der Waals surface area contributed by atoms with Crippen LogP contribution in [0, 0.1) is 0 Å². The van der Waals surface area contributed by atoms with Gasteiger partial charge >= 0.3 is 0 Å². The summed E-state index contributed by atoms with van der Waals surface area (Å²) in [5.41, 5.74) is 7.30. The van der Waals surface area contributed by atoms with Crippen LogP contribution in [0.5, 0.6) is 0 Å². The second-order valence-electron chi connectivity index (χ2n) is 4.34. The lowest BCUT2D eigenvalue weighted by Crippen LogP contribution is -2.52. The number of anilines is 1. The third-order valence-corrected chi connectivity index (χ3v) is 3.05. The minimum Gasteiger partial charge on any atom is -0.336 e. The van der Waals surface area contributed by atoms with Crippen molar-refractivity contribution in [3.63, 3.8) is 0 Å². The summed E-state index contributed by atoms with van der Waals surface area (Å²) in [6.07, 6.45) is 1.86. The minimum absolute atomic E-state index is 0.114. The Morgan fingerprint density at radius 3 is 2.68 bits per heavy atom. The zero-order valence-electron chi connectivity index (χ0n) is 10.2. The van der Waals surface area contributed by atoms with Crippen molar-refractivity contribution in [1.82, 2.24) is 14.7 Å². The maximum Gasteiger partial charge on any atom is 0.246 e. The van der Waals surface area contributed by atoms with E-state index in [1.807, 2.05) is 28.8 Å². The van der Waals surface area contributed by atoms with Crippen LogP contribution in [0.1, 0.15) is 5.69 Å². The van der Waals surface area contributed by atoms with Gasteiger partial charge in [0.25, 0.3) is 0 Å². The second-order valence-corrected chi connectivity index (χ2v) is 4.34. The Morgan fingerprint density at radius 1 is 1.26 bits per heavy atom. The van der Waals surface area contributed by atoms with Gasteiger partial charge in [-0.1, -0.05) is 6.07 Å². The van der Waals surface area contributed by atoms with Crippen LogP contribution in [0.15, 0.2) is 24.4 Å². The van der Waals surface area contributed by atoms with E-state index in [2.05, 4.69) is 10.3 Å². The number of imide groups is 1. The van der Waals surface area contributed by atoms with E-state index in [0.717, 1.165) is 11.3 Å². The summed E-state index contributed by atoms with van der Waals surface area (Å²) >= 11 is 0. The molecule has 0 unspecified atom stereocenters. The first-order valence-electron chi connectivity index (χ1n) is 5.92. The lowest BCUT2D eigenvalue weighted by Gasteiger charge is -2.26. The number of nitrogens with two attached hydrogens (primary N) is 1. The summed E-state index contributed by atoms with van der Waals surface area (Å²) in [6.45, 7) is 0.512. The van der Waals surface area contributed by atoms with Crippen molar-refractivity contribution in [2.75, 3.05) is 18.0 Å². The number of carbonyl (C=O) groups excluding carboxylic acids is 2. The Morgan fingerprint density at radius 2 is 2.00 bits per heavy atom. The van der Waals surface area contributed by atoms with Crippen LogP contribution in [0.3, 0.4) is 0 Å². The molecule has 0 spiro atoms. The van der Waals surface area contributed by atoms with E-state index in [1.165, 1.54) is 0 Å². The molecule has 98 valence electrons. The van der Waals surface area contributed by atoms with Crippen LogP contribution in [-0.4, -0.2) is 34.3 Å². The minimum atomic E-state index is -0.323. The number of amides is 2. The molecule has 0 saturated carbocycles. The van der Waals surface area contributed by atoms with Crippen LogP contribution < -0.4 is 16.0 Å². The van der Waals surface area contributed by atoms with Gasteiger partial charge in [0, 0.05) is 12.7 Å². The van der Waals surface area contributed by atoms with Gasteiger partial charge in [-0.25, -0.2) is 4.98 Å². The van der Waals surface area contributed by atoms with E-state index in [4.69, 9.17) is 5.73 Å². The molecule has 3 N–H and O–H groups in total. The summed E-state index contributed by atoms with van der Waals surface area (Å²) in [5, 5.41) is 2.26. The zero-order valence-corrected chi connectivity index (χ0v) is 10.2. The number of carbonyl (C=O) groups is 2. The Labute approximate surface area is 109 Å². The molecule has 1 aliphatic rings. The Hall–Kier alpha value is -2.41. The largest absolute Gasteiger partial charge is 0.336 e. The fourth-order valence-electron chi connectivity index (χ4n) is 2.26. The standard InChI is InChI=1S/C12H13N5O2/c13-5-8-12(14-9-3-1-2-4-17(8)9)16-6-10(18)15-11(19)7-16/h1-4H,5-7,13H2,(H,15,18,19). The molecule has 2 aromatic heterocycles. The van der Waals surface area contributed by atoms with Gasteiger partial charge in [0.05, 0.1) is 18.8 Å². The number of aromatic nitrogens is 2. The molecule has 2 amide bonds. The van der Waals surface area contributed by atoms with Gasteiger partial charge in [0.1, 0.15) is 5.65 Å². The molecule has 1 aliphatic heterocycles. The molecule has 19 heavy (non-hydrogen) atoms. The third-order valence-electron chi connectivity index (χ3n) is 3.05. The van der Waals surface area contributed by atoms with Crippen LogP contribution >= 0.6 is 0 Å². The van der Waals surface area contributed by atoms with E-state index < -0.39 is 0 Å². The molecule has 1 fully saturated rings. The predicted molar refractivity (Wildman–Crippen MR) is 68.4 cm³/mol. The molecule has 0 radical (unpaired) electrons. The fraction of sp³-hybridized carbons (Fsp3) is 0.250.